The molecule has 0 unspecified atom stereocenters. The molecule has 0 saturated carbocycles. The molecule has 0 fully saturated rings. The molecule has 0 saturated heterocycles. The van der Waals surface area contributed by atoms with Gasteiger partial charge in [0.1, 0.15) is 24.1 Å². The Kier molecular flexibility index (Phi) is 13.4. The highest BCUT2D eigenvalue weighted by Gasteiger charge is 2.36. The van der Waals surface area contributed by atoms with Crippen molar-refractivity contribution in [2.45, 2.75) is 57.1 Å². The Morgan fingerprint density at radius 1 is 0.830 bits per heavy atom. The molecule has 11 nitrogen and oxygen atoms in total. The fraction of sp³-hybridized carbons (Fsp3) is 0.394. The van der Waals surface area contributed by atoms with Gasteiger partial charge in [-0.3, -0.25) is 13.9 Å². The van der Waals surface area contributed by atoms with Crippen molar-refractivity contribution in [1.82, 2.24) is 10.2 Å². The first-order valence-electron chi connectivity index (χ1n) is 14.9. The molecule has 0 heterocycles. The van der Waals surface area contributed by atoms with Crippen molar-refractivity contribution in [2.75, 3.05) is 39.3 Å². The van der Waals surface area contributed by atoms with Gasteiger partial charge in [-0.05, 0) is 61.7 Å². The maximum absolute atomic E-state index is 14.5. The predicted octanol–water partition coefficient (Wildman–Crippen LogP) is 5.95. The minimum Gasteiger partial charge on any atom is -0.497 e. The predicted molar refractivity (Wildman–Crippen MR) is 183 cm³/mol. The molecule has 3 aromatic carbocycles. The molecule has 0 aliphatic rings. The van der Waals surface area contributed by atoms with Crippen LogP contribution in [0.3, 0.4) is 0 Å². The summed E-state index contributed by atoms with van der Waals surface area (Å²) in [5, 5.41) is 3.63. The van der Waals surface area contributed by atoms with Gasteiger partial charge in [0.2, 0.25) is 11.8 Å². The lowest BCUT2D eigenvalue weighted by molar-refractivity contribution is -0.140. The molecule has 47 heavy (non-hydrogen) atoms. The number of nitrogens with zero attached hydrogens (tertiary/aromatic N) is 2. The van der Waals surface area contributed by atoms with Gasteiger partial charge in [-0.2, -0.15) is 0 Å². The fourth-order valence-corrected chi connectivity index (χ4v) is 6.70. The molecule has 0 radical (unpaired) electrons. The summed E-state index contributed by atoms with van der Waals surface area (Å²) in [5.74, 6) is -0.0764. The van der Waals surface area contributed by atoms with E-state index in [1.807, 2.05) is 13.8 Å². The van der Waals surface area contributed by atoms with E-state index in [1.54, 1.807) is 25.1 Å². The zero-order chi connectivity index (χ0) is 34.9. The van der Waals surface area contributed by atoms with Gasteiger partial charge in [-0.15, -0.1) is 0 Å². The molecular weight excluding hydrogens is 669 g/mol. The van der Waals surface area contributed by atoms with Crippen LogP contribution >= 0.6 is 23.2 Å². The summed E-state index contributed by atoms with van der Waals surface area (Å²) in [5.41, 5.74) is 0.559. The van der Waals surface area contributed by atoms with Crippen LogP contribution in [-0.2, 0) is 26.2 Å². The molecule has 14 heteroatoms. The average Bonchev–Trinajstić information content (AvgIpc) is 3.06. The van der Waals surface area contributed by atoms with Crippen molar-refractivity contribution in [2.24, 2.45) is 0 Å². The van der Waals surface area contributed by atoms with Crippen LogP contribution in [0.4, 0.5) is 5.69 Å². The number of anilines is 1. The highest BCUT2D eigenvalue weighted by atomic mass is 35.5. The lowest BCUT2D eigenvalue weighted by atomic mass is 10.1. The molecule has 3 aromatic rings. The summed E-state index contributed by atoms with van der Waals surface area (Å²) in [6.45, 7) is 4.76. The quantitative estimate of drug-likeness (QED) is 0.194. The number of carbonyl (C=O) groups excluding carboxylic acids is 2. The molecule has 0 aliphatic carbocycles. The molecule has 0 bridgehead atoms. The second kappa shape index (κ2) is 16.8. The number of nitrogens with one attached hydrogen (secondary N) is 1. The maximum Gasteiger partial charge on any atom is 0.265 e. The van der Waals surface area contributed by atoms with E-state index in [4.69, 9.17) is 42.1 Å². The Hall–Kier alpha value is -3.87. The van der Waals surface area contributed by atoms with Crippen molar-refractivity contribution in [3.8, 4) is 23.0 Å². The van der Waals surface area contributed by atoms with E-state index < -0.39 is 28.5 Å². The summed E-state index contributed by atoms with van der Waals surface area (Å²) in [4.78, 5) is 29.2. The van der Waals surface area contributed by atoms with Crippen molar-refractivity contribution >= 4 is 50.7 Å². The average molecular weight is 711 g/mol. The number of amides is 2. The van der Waals surface area contributed by atoms with E-state index >= 15 is 0 Å². The van der Waals surface area contributed by atoms with Crippen molar-refractivity contribution in [3.05, 3.63) is 70.2 Å². The minimum absolute atomic E-state index is 0.0385. The second-order valence-corrected chi connectivity index (χ2v) is 13.3. The third-order valence-corrected chi connectivity index (χ3v) is 9.96. The lowest BCUT2D eigenvalue weighted by Crippen LogP contribution is -2.53. The van der Waals surface area contributed by atoms with Gasteiger partial charge in [0.15, 0.2) is 11.5 Å². The highest BCUT2D eigenvalue weighted by molar-refractivity contribution is 7.92. The first-order chi connectivity index (χ1) is 22.3. The van der Waals surface area contributed by atoms with Gasteiger partial charge >= 0.3 is 0 Å². The van der Waals surface area contributed by atoms with E-state index in [2.05, 4.69) is 5.32 Å². The molecule has 3 rings (SSSR count). The summed E-state index contributed by atoms with van der Waals surface area (Å²) in [6, 6.07) is 12.4. The van der Waals surface area contributed by atoms with Gasteiger partial charge in [-0.25, -0.2) is 8.42 Å². The number of benzene rings is 3. The number of carbonyl (C=O) groups is 2. The normalized spacial score (nSPS) is 12.4. The van der Waals surface area contributed by atoms with Gasteiger partial charge in [-0.1, -0.05) is 43.1 Å². The van der Waals surface area contributed by atoms with Gasteiger partial charge in [0.25, 0.3) is 10.0 Å². The molecule has 0 aliphatic heterocycles. The number of hydrogen-bond donors (Lipinski definition) is 1. The van der Waals surface area contributed by atoms with E-state index in [9.17, 15) is 18.0 Å². The van der Waals surface area contributed by atoms with Crippen LogP contribution in [0.1, 0.15) is 39.2 Å². The Morgan fingerprint density at radius 3 is 2.06 bits per heavy atom. The molecule has 0 spiro atoms. The zero-order valence-electron chi connectivity index (χ0n) is 27.5. The SMILES string of the molecule is CC[C@@H](C)NC(=O)[C@@H](CC)N(Cc1ccc(Cl)cc1Cl)C(=O)CN(c1cc(OC)ccc1OC)S(=O)(=O)c1ccc(OC)c(OC)c1. The van der Waals surface area contributed by atoms with E-state index in [0.29, 0.717) is 28.5 Å². The Labute approximate surface area is 286 Å². The van der Waals surface area contributed by atoms with Crippen molar-refractivity contribution in [3.63, 3.8) is 0 Å². The monoisotopic (exact) mass is 709 g/mol. The van der Waals surface area contributed by atoms with Crippen LogP contribution in [0.25, 0.3) is 0 Å². The minimum atomic E-state index is -4.49. The number of sulfonamides is 1. The van der Waals surface area contributed by atoms with E-state index in [0.717, 1.165) is 4.31 Å². The standard InChI is InChI=1S/C33H41Cl2N3O8S/c1-8-21(3)36-33(40)27(9-2)37(19-22-10-11-23(34)16-26(22)35)32(39)20-38(28-17-24(43-4)12-14-29(28)44-5)47(41,42)25-13-15-30(45-6)31(18-25)46-7/h10-18,21,27H,8-9,19-20H2,1-7H3,(H,36,40)/t21-,27-/m1/s1. The summed E-state index contributed by atoms with van der Waals surface area (Å²) in [6.07, 6.45) is 0.913. The Bertz CT molecular complexity index is 1670. The number of methoxy groups -OCH3 is 4. The second-order valence-electron chi connectivity index (χ2n) is 10.6. The number of ether oxygens (including phenoxy) is 4. The third-order valence-electron chi connectivity index (χ3n) is 7.62. The van der Waals surface area contributed by atoms with Crippen LogP contribution in [0.2, 0.25) is 10.0 Å². The molecule has 1 N–H and O–H groups in total. The highest BCUT2D eigenvalue weighted by Crippen LogP contribution is 2.38. The van der Waals surface area contributed by atoms with Crippen LogP contribution in [0.5, 0.6) is 23.0 Å². The molecule has 2 atom stereocenters. The Morgan fingerprint density at radius 2 is 1.49 bits per heavy atom. The van der Waals surface area contributed by atoms with Crippen molar-refractivity contribution < 1.29 is 37.0 Å². The summed E-state index contributed by atoms with van der Waals surface area (Å²) in [7, 11) is 1.15. The smallest absolute Gasteiger partial charge is 0.265 e. The largest absolute Gasteiger partial charge is 0.497 e. The lowest BCUT2D eigenvalue weighted by Gasteiger charge is -2.34. The molecule has 256 valence electrons. The third kappa shape index (κ3) is 8.94. The van der Waals surface area contributed by atoms with Gasteiger partial charge in [0, 0.05) is 34.8 Å². The van der Waals surface area contributed by atoms with Gasteiger partial charge < -0.3 is 29.2 Å². The molecule has 2 amide bonds. The van der Waals surface area contributed by atoms with Crippen LogP contribution in [-0.4, -0.2) is 72.2 Å². The van der Waals surface area contributed by atoms with Gasteiger partial charge in [0.05, 0.1) is 39.0 Å². The first kappa shape index (κ1) is 37.6. The zero-order valence-corrected chi connectivity index (χ0v) is 29.8. The summed E-state index contributed by atoms with van der Waals surface area (Å²) < 4.78 is 51.5. The fourth-order valence-electron chi connectivity index (χ4n) is 4.80. The number of hydrogen-bond acceptors (Lipinski definition) is 8. The molecule has 0 aromatic heterocycles. The topological polar surface area (TPSA) is 124 Å². The number of rotatable bonds is 16. The maximum atomic E-state index is 14.5. The number of halogens is 2. The molecular formula is C33H41Cl2N3O8S. The van der Waals surface area contributed by atoms with Crippen LogP contribution in [0.15, 0.2) is 59.5 Å². The van der Waals surface area contributed by atoms with Crippen LogP contribution in [0, 0.1) is 0 Å². The Balaban J connectivity index is 2.22. The van der Waals surface area contributed by atoms with Crippen LogP contribution < -0.4 is 28.6 Å². The van der Waals surface area contributed by atoms with Crippen molar-refractivity contribution in [1.29, 1.82) is 0 Å². The summed E-state index contributed by atoms with van der Waals surface area (Å²) >= 11 is 12.6. The van der Waals surface area contributed by atoms with E-state index in [-0.39, 0.29) is 52.0 Å². The van der Waals surface area contributed by atoms with E-state index in [1.165, 1.54) is 69.7 Å². The first-order valence-corrected chi connectivity index (χ1v) is 17.0.